The topological polar surface area (TPSA) is 0 Å². The monoisotopic (exact) mass is 248 g/mol. The molecule has 0 spiro atoms. The third kappa shape index (κ3) is 12.0. The van der Waals surface area contributed by atoms with E-state index in [-0.39, 0.29) is 46.5 Å². The molecule has 0 fully saturated rings. The van der Waals surface area contributed by atoms with Gasteiger partial charge in [0.1, 0.15) is 0 Å². The van der Waals surface area contributed by atoms with Crippen molar-refractivity contribution >= 4 is 0 Å². The Labute approximate surface area is 107 Å². The van der Waals surface area contributed by atoms with Crippen molar-refractivity contribution < 1.29 is 46.5 Å². The van der Waals surface area contributed by atoms with Crippen molar-refractivity contribution in [1.82, 2.24) is 0 Å². The molecule has 13 heavy (non-hydrogen) atoms. The molecule has 0 saturated carbocycles. The Bertz CT molecular complexity index is 152. The molecule has 3 heteroatoms. The fourth-order valence-electron chi connectivity index (χ4n) is 0.642. The average molecular weight is 249 g/mol. The third-order valence-corrected chi connectivity index (χ3v) is 1.11. The molecule has 0 N–H and O–H groups in total. The maximum absolute atomic E-state index is 2.00. The molecule has 0 aliphatic carbocycles. The van der Waals surface area contributed by atoms with Crippen molar-refractivity contribution in [3.05, 3.63) is 60.7 Å². The van der Waals surface area contributed by atoms with Crippen LogP contribution in [0.2, 0.25) is 0 Å². The Kier molecular flexibility index (Phi) is 20.9. The molecule has 0 heterocycles. The van der Waals surface area contributed by atoms with Crippen LogP contribution in [0.4, 0.5) is 0 Å². The molecule has 0 bridgehead atoms. The minimum Gasteiger partial charge on any atom is -1.00 e. The summed E-state index contributed by atoms with van der Waals surface area (Å²) in [5.74, 6) is 0. The molecule has 0 amide bonds. The fourth-order valence-corrected chi connectivity index (χ4v) is 0.642. The molecule has 0 aliphatic heterocycles. The Balaban J connectivity index is -0.000000125. The molecular formula is C10H10Cl2Ti. The zero-order valence-corrected chi connectivity index (χ0v) is 10.1. The van der Waals surface area contributed by atoms with E-state index >= 15 is 0 Å². The molecule has 0 aromatic heterocycles. The number of hydrogen-bond acceptors (Lipinski definition) is 0. The molecule has 0 atom stereocenters. The Morgan fingerprint density at radius 2 is 0.769 bits per heavy atom. The van der Waals surface area contributed by atoms with Crippen LogP contribution < -0.4 is 24.8 Å². The predicted molar refractivity (Wildman–Crippen MR) is 44.1 cm³/mol. The van der Waals surface area contributed by atoms with Gasteiger partial charge in [0.05, 0.1) is 0 Å². The SMILES string of the molecule is [Cl-].[Cl-].[Ti+4].c1cc[cH-]c1.c1cc[cH-]c1. The van der Waals surface area contributed by atoms with Gasteiger partial charge in [-0.1, -0.05) is 0 Å². The zero-order chi connectivity index (χ0) is 7.07. The summed E-state index contributed by atoms with van der Waals surface area (Å²) in [6.07, 6.45) is 0. The van der Waals surface area contributed by atoms with E-state index in [1.807, 2.05) is 60.7 Å². The minimum atomic E-state index is 0. The van der Waals surface area contributed by atoms with Crippen molar-refractivity contribution in [2.45, 2.75) is 0 Å². The van der Waals surface area contributed by atoms with Gasteiger partial charge >= 0.3 is 21.7 Å². The molecule has 0 nitrogen and oxygen atoms in total. The van der Waals surface area contributed by atoms with Gasteiger partial charge in [-0.2, -0.15) is 36.4 Å². The van der Waals surface area contributed by atoms with Crippen molar-refractivity contribution in [2.75, 3.05) is 0 Å². The van der Waals surface area contributed by atoms with E-state index in [1.165, 1.54) is 0 Å². The normalized spacial score (nSPS) is 6.15. The van der Waals surface area contributed by atoms with Crippen molar-refractivity contribution in [3.8, 4) is 0 Å². The van der Waals surface area contributed by atoms with Gasteiger partial charge in [-0.15, -0.1) is 0 Å². The van der Waals surface area contributed by atoms with Crippen LogP contribution in [-0.2, 0) is 21.7 Å². The van der Waals surface area contributed by atoms with Gasteiger partial charge in [0, 0.05) is 0 Å². The second-order valence-corrected chi connectivity index (χ2v) is 1.92. The first-order valence-corrected chi connectivity index (χ1v) is 3.33. The van der Waals surface area contributed by atoms with E-state index in [0.29, 0.717) is 0 Å². The molecule has 2 aromatic rings. The summed E-state index contributed by atoms with van der Waals surface area (Å²) in [4.78, 5) is 0. The van der Waals surface area contributed by atoms with E-state index in [1.54, 1.807) is 0 Å². The van der Waals surface area contributed by atoms with Gasteiger partial charge in [0.2, 0.25) is 0 Å². The number of rotatable bonds is 0. The summed E-state index contributed by atoms with van der Waals surface area (Å²) in [5, 5.41) is 0. The first-order chi connectivity index (χ1) is 5.00. The maximum Gasteiger partial charge on any atom is 4.00 e. The molecule has 0 saturated heterocycles. The summed E-state index contributed by atoms with van der Waals surface area (Å²) in [6.45, 7) is 0. The number of hydrogen-bond donors (Lipinski definition) is 0. The molecule has 2 rings (SSSR count). The van der Waals surface area contributed by atoms with Gasteiger partial charge in [-0.25, -0.2) is 24.3 Å². The first kappa shape index (κ1) is 18.7. The van der Waals surface area contributed by atoms with Crippen LogP contribution in [0.25, 0.3) is 0 Å². The molecular weight excluding hydrogens is 239 g/mol. The second-order valence-electron chi connectivity index (χ2n) is 1.92. The maximum atomic E-state index is 2.00. The van der Waals surface area contributed by atoms with Crippen LogP contribution in [0, 0.1) is 0 Å². The van der Waals surface area contributed by atoms with Gasteiger partial charge in [-0.05, 0) is 0 Å². The molecule has 68 valence electrons. The predicted octanol–water partition coefficient (Wildman–Crippen LogP) is -3.18. The summed E-state index contributed by atoms with van der Waals surface area (Å²) >= 11 is 0. The number of halogens is 2. The molecule has 0 aliphatic rings. The summed E-state index contributed by atoms with van der Waals surface area (Å²) in [6, 6.07) is 20.0. The summed E-state index contributed by atoms with van der Waals surface area (Å²) < 4.78 is 0. The molecule has 0 radical (unpaired) electrons. The van der Waals surface area contributed by atoms with Crippen LogP contribution in [0.3, 0.4) is 0 Å². The standard InChI is InChI=1S/2C5H5.2ClH.Ti/c2*1-2-4-5-3-1;;;/h2*1-5H;2*1H;/q2*-1;;;+4/p-2. The van der Waals surface area contributed by atoms with Gasteiger partial charge in [0.15, 0.2) is 0 Å². The Morgan fingerprint density at radius 1 is 0.538 bits per heavy atom. The summed E-state index contributed by atoms with van der Waals surface area (Å²) in [7, 11) is 0. The fraction of sp³-hybridized carbons (Fsp3) is 0. The first-order valence-electron chi connectivity index (χ1n) is 3.33. The van der Waals surface area contributed by atoms with Crippen LogP contribution in [0.5, 0.6) is 0 Å². The molecule has 2 aromatic carbocycles. The van der Waals surface area contributed by atoms with Crippen molar-refractivity contribution in [2.24, 2.45) is 0 Å². The van der Waals surface area contributed by atoms with Crippen LogP contribution in [-0.4, -0.2) is 0 Å². The van der Waals surface area contributed by atoms with E-state index in [0.717, 1.165) is 0 Å². The summed E-state index contributed by atoms with van der Waals surface area (Å²) in [5.41, 5.74) is 0. The minimum absolute atomic E-state index is 0. The van der Waals surface area contributed by atoms with Crippen LogP contribution >= 0.6 is 0 Å². The largest absolute Gasteiger partial charge is 4.00 e. The van der Waals surface area contributed by atoms with Gasteiger partial charge < -0.3 is 24.8 Å². The average Bonchev–Trinajstić information content (AvgIpc) is 2.67. The van der Waals surface area contributed by atoms with Crippen LogP contribution in [0.1, 0.15) is 0 Å². The van der Waals surface area contributed by atoms with E-state index in [2.05, 4.69) is 0 Å². The van der Waals surface area contributed by atoms with Gasteiger partial charge in [-0.3, -0.25) is 0 Å². The van der Waals surface area contributed by atoms with Crippen molar-refractivity contribution in [1.29, 1.82) is 0 Å². The van der Waals surface area contributed by atoms with Gasteiger partial charge in [0.25, 0.3) is 0 Å². The van der Waals surface area contributed by atoms with E-state index in [4.69, 9.17) is 0 Å². The second kappa shape index (κ2) is 14.5. The Morgan fingerprint density at radius 3 is 0.846 bits per heavy atom. The third-order valence-electron chi connectivity index (χ3n) is 1.11. The molecule has 0 unspecified atom stereocenters. The quantitative estimate of drug-likeness (QED) is 0.341. The van der Waals surface area contributed by atoms with Crippen molar-refractivity contribution in [3.63, 3.8) is 0 Å². The zero-order valence-electron chi connectivity index (χ0n) is 7.03. The van der Waals surface area contributed by atoms with Crippen LogP contribution in [0.15, 0.2) is 60.7 Å². The van der Waals surface area contributed by atoms with E-state index in [9.17, 15) is 0 Å². The Hall–Kier alpha value is -0.00571. The smallest absolute Gasteiger partial charge is 1.00 e. The van der Waals surface area contributed by atoms with E-state index < -0.39 is 0 Å².